The first-order valence-corrected chi connectivity index (χ1v) is 7.17. The number of pyridine rings is 1. The van der Waals surface area contributed by atoms with Crippen molar-refractivity contribution in [2.45, 2.75) is 44.6 Å². The lowest BCUT2D eigenvalue weighted by molar-refractivity contribution is 0.0648. The molecular formula is C14H21ClN2O. The Morgan fingerprint density at radius 3 is 3.00 bits per heavy atom. The average Bonchev–Trinajstić information content (AvgIpc) is 2.37. The maximum atomic E-state index is 9.88. The SMILES string of the molecule is OC1CCCCC1CCCNc1ccnc(Cl)c1. The summed E-state index contributed by atoms with van der Waals surface area (Å²) in [6.07, 6.45) is 8.44. The monoisotopic (exact) mass is 268 g/mol. The lowest BCUT2D eigenvalue weighted by atomic mass is 9.83. The zero-order chi connectivity index (χ0) is 12.8. The molecule has 2 unspecified atom stereocenters. The van der Waals surface area contributed by atoms with Gasteiger partial charge in [-0.05, 0) is 43.7 Å². The van der Waals surface area contributed by atoms with Crippen molar-refractivity contribution >= 4 is 17.3 Å². The zero-order valence-electron chi connectivity index (χ0n) is 10.6. The number of hydrogen-bond donors (Lipinski definition) is 2. The molecule has 1 fully saturated rings. The molecule has 0 aliphatic heterocycles. The summed E-state index contributed by atoms with van der Waals surface area (Å²) in [6, 6.07) is 3.75. The van der Waals surface area contributed by atoms with Gasteiger partial charge in [0.25, 0.3) is 0 Å². The molecule has 1 saturated carbocycles. The Morgan fingerprint density at radius 1 is 1.39 bits per heavy atom. The molecule has 1 aliphatic carbocycles. The number of halogens is 1. The van der Waals surface area contributed by atoms with Crippen LogP contribution in [0.5, 0.6) is 0 Å². The van der Waals surface area contributed by atoms with Gasteiger partial charge in [0.05, 0.1) is 6.10 Å². The van der Waals surface area contributed by atoms with Crippen molar-refractivity contribution in [3.63, 3.8) is 0 Å². The summed E-state index contributed by atoms with van der Waals surface area (Å²) < 4.78 is 0. The third-order valence-corrected chi connectivity index (χ3v) is 3.88. The maximum absolute atomic E-state index is 9.88. The van der Waals surface area contributed by atoms with Crippen LogP contribution in [-0.2, 0) is 0 Å². The number of anilines is 1. The number of hydrogen-bond acceptors (Lipinski definition) is 3. The van der Waals surface area contributed by atoms with E-state index >= 15 is 0 Å². The molecule has 0 radical (unpaired) electrons. The van der Waals surface area contributed by atoms with Crippen molar-refractivity contribution in [1.82, 2.24) is 4.98 Å². The van der Waals surface area contributed by atoms with Gasteiger partial charge in [0.1, 0.15) is 5.15 Å². The maximum Gasteiger partial charge on any atom is 0.131 e. The van der Waals surface area contributed by atoms with E-state index in [4.69, 9.17) is 11.6 Å². The molecule has 1 heterocycles. The molecule has 0 spiro atoms. The summed E-state index contributed by atoms with van der Waals surface area (Å²) in [6.45, 7) is 0.920. The summed E-state index contributed by atoms with van der Waals surface area (Å²) in [5.41, 5.74) is 1.01. The number of aromatic nitrogens is 1. The lowest BCUT2D eigenvalue weighted by Crippen LogP contribution is -2.24. The van der Waals surface area contributed by atoms with Gasteiger partial charge < -0.3 is 10.4 Å². The van der Waals surface area contributed by atoms with Crippen molar-refractivity contribution < 1.29 is 5.11 Å². The van der Waals surface area contributed by atoms with Crippen LogP contribution in [0.1, 0.15) is 38.5 Å². The highest BCUT2D eigenvalue weighted by molar-refractivity contribution is 6.29. The van der Waals surface area contributed by atoms with Crippen molar-refractivity contribution in [2.75, 3.05) is 11.9 Å². The molecular weight excluding hydrogens is 248 g/mol. The molecule has 4 heteroatoms. The van der Waals surface area contributed by atoms with Crippen molar-refractivity contribution in [3.05, 3.63) is 23.5 Å². The molecule has 2 N–H and O–H groups in total. The normalized spacial score (nSPS) is 23.9. The minimum Gasteiger partial charge on any atom is -0.393 e. The third-order valence-electron chi connectivity index (χ3n) is 3.68. The van der Waals surface area contributed by atoms with Crippen LogP contribution in [0.4, 0.5) is 5.69 Å². The van der Waals surface area contributed by atoms with Crippen LogP contribution in [-0.4, -0.2) is 22.7 Å². The largest absolute Gasteiger partial charge is 0.393 e. The summed E-state index contributed by atoms with van der Waals surface area (Å²) >= 11 is 5.81. The van der Waals surface area contributed by atoms with Crippen molar-refractivity contribution in [2.24, 2.45) is 5.92 Å². The molecule has 2 atom stereocenters. The van der Waals surface area contributed by atoms with E-state index in [1.165, 1.54) is 19.3 Å². The first kappa shape index (κ1) is 13.6. The van der Waals surface area contributed by atoms with Gasteiger partial charge in [0, 0.05) is 18.4 Å². The standard InChI is InChI=1S/C14H21ClN2O/c15-14-10-12(7-9-17-14)16-8-3-5-11-4-1-2-6-13(11)18/h7,9-11,13,18H,1-6,8H2,(H,16,17). The van der Waals surface area contributed by atoms with Crippen molar-refractivity contribution in [1.29, 1.82) is 0 Å². The van der Waals surface area contributed by atoms with E-state index < -0.39 is 0 Å². The van der Waals surface area contributed by atoms with Crippen molar-refractivity contribution in [3.8, 4) is 0 Å². The van der Waals surface area contributed by atoms with E-state index in [1.807, 2.05) is 12.1 Å². The molecule has 18 heavy (non-hydrogen) atoms. The fraction of sp³-hybridized carbons (Fsp3) is 0.643. The Bertz CT molecular complexity index is 373. The van der Waals surface area contributed by atoms with Gasteiger partial charge in [0.2, 0.25) is 0 Å². The summed E-state index contributed by atoms with van der Waals surface area (Å²) in [5.74, 6) is 0.501. The van der Waals surface area contributed by atoms with E-state index in [-0.39, 0.29) is 6.10 Å². The zero-order valence-corrected chi connectivity index (χ0v) is 11.4. The lowest BCUT2D eigenvalue weighted by Gasteiger charge is -2.27. The fourth-order valence-corrected chi connectivity index (χ4v) is 2.81. The number of aliphatic hydroxyl groups excluding tert-OH is 1. The van der Waals surface area contributed by atoms with E-state index in [0.717, 1.165) is 31.5 Å². The number of nitrogens with zero attached hydrogens (tertiary/aromatic N) is 1. The Hall–Kier alpha value is -0.800. The Morgan fingerprint density at radius 2 is 2.22 bits per heavy atom. The fourth-order valence-electron chi connectivity index (χ4n) is 2.63. The summed E-state index contributed by atoms with van der Waals surface area (Å²) in [7, 11) is 0. The molecule has 0 amide bonds. The minimum absolute atomic E-state index is 0.0749. The number of nitrogens with one attached hydrogen (secondary N) is 1. The smallest absolute Gasteiger partial charge is 0.131 e. The van der Waals surface area contributed by atoms with Gasteiger partial charge >= 0.3 is 0 Å². The van der Waals surface area contributed by atoms with Gasteiger partial charge in [-0.25, -0.2) is 4.98 Å². The van der Waals surface area contributed by atoms with Gasteiger partial charge in [0.15, 0.2) is 0 Å². The topological polar surface area (TPSA) is 45.1 Å². The van der Waals surface area contributed by atoms with Gasteiger partial charge in [-0.15, -0.1) is 0 Å². The molecule has 0 bridgehead atoms. The van der Waals surface area contributed by atoms with E-state index in [2.05, 4.69) is 10.3 Å². The molecule has 1 aromatic heterocycles. The molecule has 0 aromatic carbocycles. The number of aliphatic hydroxyl groups is 1. The molecule has 1 aromatic rings. The third kappa shape index (κ3) is 4.14. The highest BCUT2D eigenvalue weighted by Gasteiger charge is 2.21. The predicted molar refractivity (Wildman–Crippen MR) is 74.9 cm³/mol. The Kier molecular flexibility index (Phi) is 5.26. The van der Waals surface area contributed by atoms with Crippen LogP contribution in [0.15, 0.2) is 18.3 Å². The second-order valence-electron chi connectivity index (χ2n) is 5.05. The summed E-state index contributed by atoms with van der Waals surface area (Å²) in [5, 5.41) is 13.7. The first-order valence-electron chi connectivity index (χ1n) is 6.79. The van der Waals surface area contributed by atoms with Crippen LogP contribution in [0.2, 0.25) is 5.15 Å². The second kappa shape index (κ2) is 6.95. The minimum atomic E-state index is -0.0749. The van der Waals surface area contributed by atoms with E-state index in [9.17, 15) is 5.11 Å². The van der Waals surface area contributed by atoms with Crippen LogP contribution in [0.3, 0.4) is 0 Å². The van der Waals surface area contributed by atoms with Crippen LogP contribution < -0.4 is 5.32 Å². The van der Waals surface area contributed by atoms with Gasteiger partial charge in [-0.1, -0.05) is 24.4 Å². The van der Waals surface area contributed by atoms with Crippen LogP contribution in [0.25, 0.3) is 0 Å². The second-order valence-corrected chi connectivity index (χ2v) is 5.44. The molecule has 3 nitrogen and oxygen atoms in total. The first-order chi connectivity index (χ1) is 8.75. The predicted octanol–water partition coefficient (Wildman–Crippen LogP) is 3.48. The average molecular weight is 269 g/mol. The van der Waals surface area contributed by atoms with E-state index in [0.29, 0.717) is 11.1 Å². The highest BCUT2D eigenvalue weighted by Crippen LogP contribution is 2.27. The molecule has 1 aliphatic rings. The van der Waals surface area contributed by atoms with E-state index in [1.54, 1.807) is 6.20 Å². The van der Waals surface area contributed by atoms with Gasteiger partial charge in [-0.2, -0.15) is 0 Å². The van der Waals surface area contributed by atoms with Crippen LogP contribution >= 0.6 is 11.6 Å². The van der Waals surface area contributed by atoms with Crippen LogP contribution in [0, 0.1) is 5.92 Å². The Balaban J connectivity index is 1.66. The molecule has 100 valence electrons. The Labute approximate surface area is 114 Å². The molecule has 0 saturated heterocycles. The quantitative estimate of drug-likeness (QED) is 0.635. The number of rotatable bonds is 5. The summed E-state index contributed by atoms with van der Waals surface area (Å²) in [4.78, 5) is 3.94. The molecule has 2 rings (SSSR count). The van der Waals surface area contributed by atoms with Gasteiger partial charge in [-0.3, -0.25) is 0 Å². The highest BCUT2D eigenvalue weighted by atomic mass is 35.5.